The summed E-state index contributed by atoms with van der Waals surface area (Å²) >= 11 is 0. The number of aryl methyl sites for hydroxylation is 1. The van der Waals surface area contributed by atoms with Gasteiger partial charge in [-0.15, -0.1) is 0 Å². The van der Waals surface area contributed by atoms with Gasteiger partial charge in [0.05, 0.1) is 19.2 Å². The van der Waals surface area contributed by atoms with Gasteiger partial charge in [-0.3, -0.25) is 14.4 Å². The second kappa shape index (κ2) is 7.75. The van der Waals surface area contributed by atoms with Gasteiger partial charge in [0.1, 0.15) is 0 Å². The van der Waals surface area contributed by atoms with Crippen molar-refractivity contribution < 1.29 is 14.4 Å². The number of rotatable bonds is 7. The lowest BCUT2D eigenvalue weighted by atomic mass is 10.2. The van der Waals surface area contributed by atoms with E-state index in [2.05, 4.69) is 20.1 Å². The van der Waals surface area contributed by atoms with E-state index < -0.39 is 6.10 Å². The number of nitrogens with zero attached hydrogens (tertiary/aromatic N) is 6. The molecule has 1 aliphatic rings. The SMILES string of the molecule is CC(=O)N(Cc1noc(C)n1)[C@H]1CCN(C[C@H](O)Cn2cccn2)C1. The van der Waals surface area contributed by atoms with Gasteiger partial charge in [-0.25, -0.2) is 0 Å². The Labute approximate surface area is 146 Å². The first-order chi connectivity index (χ1) is 12.0. The number of amides is 1. The number of likely N-dealkylation sites (tertiary alicyclic amines) is 1. The lowest BCUT2D eigenvalue weighted by Crippen LogP contribution is -2.41. The third-order valence-corrected chi connectivity index (χ3v) is 4.40. The van der Waals surface area contributed by atoms with Crippen LogP contribution in [-0.2, 0) is 17.9 Å². The van der Waals surface area contributed by atoms with Crippen molar-refractivity contribution in [2.24, 2.45) is 0 Å². The van der Waals surface area contributed by atoms with E-state index in [9.17, 15) is 9.90 Å². The van der Waals surface area contributed by atoms with Crippen LogP contribution in [0.3, 0.4) is 0 Å². The molecule has 1 saturated heterocycles. The minimum absolute atomic E-state index is 0.00797. The fraction of sp³-hybridized carbons (Fsp3) is 0.625. The summed E-state index contributed by atoms with van der Waals surface area (Å²) in [6.07, 6.45) is 3.90. The van der Waals surface area contributed by atoms with Crippen LogP contribution in [0.4, 0.5) is 0 Å². The molecule has 0 radical (unpaired) electrons. The average Bonchev–Trinajstić information content (AvgIpc) is 3.27. The standard InChI is InChI=1S/C16H24N6O3/c1-12-18-16(19-25-12)11-22(13(2)23)14-4-7-20(8-14)9-15(24)10-21-6-3-5-17-21/h3,5-6,14-15,24H,4,7-11H2,1-2H3/t14-,15-/m0/s1. The molecule has 0 saturated carbocycles. The maximum absolute atomic E-state index is 12.0. The van der Waals surface area contributed by atoms with E-state index in [-0.39, 0.29) is 11.9 Å². The van der Waals surface area contributed by atoms with Crippen LogP contribution >= 0.6 is 0 Å². The maximum atomic E-state index is 12.0. The number of aromatic nitrogens is 4. The van der Waals surface area contributed by atoms with Gasteiger partial charge in [0, 0.05) is 51.9 Å². The molecule has 1 aliphatic heterocycles. The van der Waals surface area contributed by atoms with E-state index in [0.717, 1.165) is 19.5 Å². The van der Waals surface area contributed by atoms with Crippen LogP contribution in [0.5, 0.6) is 0 Å². The fourth-order valence-electron chi connectivity index (χ4n) is 3.27. The molecule has 3 heterocycles. The first-order valence-corrected chi connectivity index (χ1v) is 8.45. The van der Waals surface area contributed by atoms with Crippen LogP contribution in [0.2, 0.25) is 0 Å². The second-order valence-electron chi connectivity index (χ2n) is 6.46. The van der Waals surface area contributed by atoms with Crippen molar-refractivity contribution in [1.82, 2.24) is 29.7 Å². The van der Waals surface area contributed by atoms with Crippen LogP contribution in [0.25, 0.3) is 0 Å². The molecule has 2 atom stereocenters. The quantitative estimate of drug-likeness (QED) is 0.755. The van der Waals surface area contributed by atoms with E-state index in [1.807, 2.05) is 12.3 Å². The van der Waals surface area contributed by atoms with E-state index in [4.69, 9.17) is 4.52 Å². The molecule has 0 aromatic carbocycles. The highest BCUT2D eigenvalue weighted by Gasteiger charge is 2.31. The fourth-order valence-corrected chi connectivity index (χ4v) is 3.27. The van der Waals surface area contributed by atoms with Crippen molar-refractivity contribution in [3.05, 3.63) is 30.2 Å². The Hall–Kier alpha value is -2.26. The van der Waals surface area contributed by atoms with Crippen molar-refractivity contribution in [1.29, 1.82) is 0 Å². The molecule has 0 bridgehead atoms. The lowest BCUT2D eigenvalue weighted by Gasteiger charge is -2.27. The summed E-state index contributed by atoms with van der Waals surface area (Å²) in [6.45, 7) is 6.23. The van der Waals surface area contributed by atoms with E-state index in [1.165, 1.54) is 0 Å². The van der Waals surface area contributed by atoms with Crippen molar-refractivity contribution in [3.8, 4) is 0 Å². The van der Waals surface area contributed by atoms with Crippen LogP contribution in [0.15, 0.2) is 23.0 Å². The number of carbonyl (C=O) groups is 1. The van der Waals surface area contributed by atoms with Gasteiger partial charge in [0.15, 0.2) is 5.82 Å². The molecule has 25 heavy (non-hydrogen) atoms. The molecule has 0 spiro atoms. The maximum Gasteiger partial charge on any atom is 0.223 e. The number of aliphatic hydroxyl groups is 1. The number of β-amino-alcohol motifs (C(OH)–C–C–N with tert-alkyl or cyclic N) is 1. The van der Waals surface area contributed by atoms with Gasteiger partial charge in [-0.1, -0.05) is 5.16 Å². The third-order valence-electron chi connectivity index (χ3n) is 4.40. The monoisotopic (exact) mass is 348 g/mol. The Morgan fingerprint density at radius 2 is 2.36 bits per heavy atom. The predicted molar refractivity (Wildman–Crippen MR) is 88.3 cm³/mol. The van der Waals surface area contributed by atoms with E-state index in [0.29, 0.717) is 31.3 Å². The lowest BCUT2D eigenvalue weighted by molar-refractivity contribution is -0.131. The highest BCUT2D eigenvalue weighted by Crippen LogP contribution is 2.18. The van der Waals surface area contributed by atoms with Crippen molar-refractivity contribution in [2.75, 3.05) is 19.6 Å². The zero-order valence-corrected chi connectivity index (χ0v) is 14.6. The summed E-state index contributed by atoms with van der Waals surface area (Å²) in [5, 5.41) is 18.2. The number of hydrogen-bond acceptors (Lipinski definition) is 7. The Balaban J connectivity index is 1.53. The summed E-state index contributed by atoms with van der Waals surface area (Å²) in [7, 11) is 0. The number of aliphatic hydroxyl groups excluding tert-OH is 1. The Bertz CT molecular complexity index is 686. The topological polar surface area (TPSA) is 101 Å². The molecule has 2 aromatic rings. The van der Waals surface area contributed by atoms with E-state index in [1.54, 1.807) is 29.6 Å². The first kappa shape index (κ1) is 17.6. The Morgan fingerprint density at radius 1 is 1.52 bits per heavy atom. The van der Waals surface area contributed by atoms with Gasteiger partial charge in [-0.2, -0.15) is 10.1 Å². The molecule has 2 aromatic heterocycles. The van der Waals surface area contributed by atoms with Gasteiger partial charge in [0.25, 0.3) is 0 Å². The molecule has 9 nitrogen and oxygen atoms in total. The average molecular weight is 348 g/mol. The molecule has 1 N–H and O–H groups in total. The minimum atomic E-state index is -0.496. The van der Waals surface area contributed by atoms with Crippen LogP contribution in [0, 0.1) is 6.92 Å². The van der Waals surface area contributed by atoms with Crippen LogP contribution in [-0.4, -0.2) is 72.5 Å². The Morgan fingerprint density at radius 3 is 3.00 bits per heavy atom. The van der Waals surface area contributed by atoms with E-state index >= 15 is 0 Å². The smallest absolute Gasteiger partial charge is 0.223 e. The van der Waals surface area contributed by atoms with Crippen LogP contribution in [0.1, 0.15) is 25.1 Å². The zero-order valence-electron chi connectivity index (χ0n) is 14.6. The summed E-state index contributed by atoms with van der Waals surface area (Å²) in [6, 6.07) is 1.93. The molecular formula is C16H24N6O3. The third kappa shape index (κ3) is 4.64. The second-order valence-corrected chi connectivity index (χ2v) is 6.46. The molecule has 3 rings (SSSR count). The van der Waals surface area contributed by atoms with Crippen molar-refractivity contribution >= 4 is 5.91 Å². The van der Waals surface area contributed by atoms with Crippen molar-refractivity contribution in [2.45, 2.75) is 45.5 Å². The molecule has 1 amide bonds. The first-order valence-electron chi connectivity index (χ1n) is 8.45. The number of carbonyl (C=O) groups excluding carboxylic acids is 1. The van der Waals surface area contributed by atoms with Crippen LogP contribution < -0.4 is 0 Å². The normalized spacial score (nSPS) is 19.2. The summed E-state index contributed by atoms with van der Waals surface area (Å²) in [4.78, 5) is 20.2. The molecular weight excluding hydrogens is 324 g/mol. The molecule has 1 fully saturated rings. The highest BCUT2D eigenvalue weighted by atomic mass is 16.5. The van der Waals surface area contributed by atoms with Gasteiger partial charge < -0.3 is 14.5 Å². The zero-order chi connectivity index (χ0) is 17.8. The van der Waals surface area contributed by atoms with Crippen molar-refractivity contribution in [3.63, 3.8) is 0 Å². The molecule has 9 heteroatoms. The Kier molecular flexibility index (Phi) is 5.44. The molecule has 0 unspecified atom stereocenters. The predicted octanol–water partition coefficient (Wildman–Crippen LogP) is 0.0584. The summed E-state index contributed by atoms with van der Waals surface area (Å²) in [5.74, 6) is 1.00. The number of hydrogen-bond donors (Lipinski definition) is 1. The van der Waals surface area contributed by atoms with Gasteiger partial charge in [0.2, 0.25) is 11.8 Å². The molecule has 0 aliphatic carbocycles. The largest absolute Gasteiger partial charge is 0.390 e. The van der Waals surface area contributed by atoms with Gasteiger partial charge >= 0.3 is 0 Å². The molecule has 136 valence electrons. The summed E-state index contributed by atoms with van der Waals surface area (Å²) in [5.41, 5.74) is 0. The van der Waals surface area contributed by atoms with Gasteiger partial charge in [-0.05, 0) is 12.5 Å². The highest BCUT2D eigenvalue weighted by molar-refractivity contribution is 5.73. The minimum Gasteiger partial charge on any atom is -0.390 e. The summed E-state index contributed by atoms with van der Waals surface area (Å²) < 4.78 is 6.70.